The zero-order valence-electron chi connectivity index (χ0n) is 21.7. The molecule has 11 nitrogen and oxygen atoms in total. The summed E-state index contributed by atoms with van der Waals surface area (Å²) in [6.45, 7) is 6.32. The van der Waals surface area contributed by atoms with Crippen molar-refractivity contribution in [3.8, 4) is 23.0 Å². The Labute approximate surface area is 224 Å². The summed E-state index contributed by atoms with van der Waals surface area (Å²) >= 11 is 0. The molecule has 12 heteroatoms. The van der Waals surface area contributed by atoms with Gasteiger partial charge in [-0.15, -0.1) is 0 Å². The van der Waals surface area contributed by atoms with E-state index in [1.165, 1.54) is 28.9 Å². The number of nitriles is 1. The molecule has 0 radical (unpaired) electrons. The van der Waals surface area contributed by atoms with E-state index in [-0.39, 0.29) is 46.9 Å². The number of amides is 2. The van der Waals surface area contributed by atoms with Crippen LogP contribution in [0.4, 0.5) is 15.0 Å². The second kappa shape index (κ2) is 10.1. The smallest absolute Gasteiger partial charge is 0.417 e. The van der Waals surface area contributed by atoms with Gasteiger partial charge in [-0.05, 0) is 39.0 Å². The zero-order valence-corrected chi connectivity index (χ0v) is 21.7. The van der Waals surface area contributed by atoms with Gasteiger partial charge < -0.3 is 19.5 Å². The number of nitrogens with zero attached hydrogens (tertiary/aromatic N) is 6. The molecule has 1 unspecified atom stereocenters. The normalized spacial score (nSPS) is 17.5. The highest BCUT2D eigenvalue weighted by Gasteiger charge is 2.39. The van der Waals surface area contributed by atoms with E-state index in [2.05, 4.69) is 10.1 Å². The molecule has 1 fully saturated rings. The van der Waals surface area contributed by atoms with Crippen LogP contribution in [0.5, 0.6) is 0 Å². The van der Waals surface area contributed by atoms with E-state index in [4.69, 9.17) is 9.47 Å². The lowest BCUT2D eigenvalue weighted by molar-refractivity contribution is 0.0247. The van der Waals surface area contributed by atoms with Gasteiger partial charge in [-0.2, -0.15) is 10.4 Å². The molecular formula is C27H27FN6O5. The first-order chi connectivity index (χ1) is 18.6. The summed E-state index contributed by atoms with van der Waals surface area (Å²) in [6.07, 6.45) is 0.105. The molecule has 1 atom stereocenters. The van der Waals surface area contributed by atoms with Crippen LogP contribution < -0.4 is 4.90 Å². The van der Waals surface area contributed by atoms with Crippen molar-refractivity contribution in [3.63, 3.8) is 0 Å². The van der Waals surface area contributed by atoms with Crippen LogP contribution >= 0.6 is 0 Å². The first-order valence-electron chi connectivity index (χ1n) is 12.4. The number of rotatable bonds is 3. The quantitative estimate of drug-likeness (QED) is 0.538. The lowest BCUT2D eigenvalue weighted by Crippen LogP contribution is -2.37. The number of hydrogen-bond acceptors (Lipinski definition) is 9. The number of aromatic nitrogens is 3. The Morgan fingerprint density at radius 3 is 2.82 bits per heavy atom. The maximum atomic E-state index is 15.0. The molecule has 2 aliphatic rings. The third kappa shape index (κ3) is 5.19. The Bertz CT molecular complexity index is 1490. The van der Waals surface area contributed by atoms with Crippen LogP contribution in [0.15, 0.2) is 36.5 Å². The zero-order chi connectivity index (χ0) is 27.9. The fourth-order valence-electron chi connectivity index (χ4n) is 4.56. The Morgan fingerprint density at radius 1 is 1.28 bits per heavy atom. The molecule has 0 aliphatic carbocycles. The number of ether oxygens (including phenoxy) is 2. The maximum Gasteiger partial charge on any atom is 0.417 e. The SMILES string of the molecule is CC(C)(C)OC(=O)N1Cc2nc(-c3c(F)cccc3C#N)cc(-n3ccc(N4CCOCC(O)C4)n3)c2C1=O. The van der Waals surface area contributed by atoms with Gasteiger partial charge in [-0.25, -0.2) is 23.8 Å². The third-order valence-electron chi connectivity index (χ3n) is 6.24. The lowest BCUT2D eigenvalue weighted by atomic mass is 10.0. The average molecular weight is 535 g/mol. The summed E-state index contributed by atoms with van der Waals surface area (Å²) in [5, 5.41) is 24.4. The minimum Gasteiger partial charge on any atom is -0.443 e. The van der Waals surface area contributed by atoms with Gasteiger partial charge in [-0.1, -0.05) is 6.07 Å². The number of aliphatic hydroxyl groups excluding tert-OH is 1. The van der Waals surface area contributed by atoms with Crippen LogP contribution in [-0.4, -0.2) is 74.8 Å². The fourth-order valence-corrected chi connectivity index (χ4v) is 4.56. The van der Waals surface area contributed by atoms with Crippen LogP contribution in [0.1, 0.15) is 42.4 Å². The maximum absolute atomic E-state index is 15.0. The van der Waals surface area contributed by atoms with E-state index in [9.17, 15) is 24.3 Å². The molecule has 0 saturated carbocycles. The highest BCUT2D eigenvalue weighted by atomic mass is 19.1. The van der Waals surface area contributed by atoms with E-state index < -0.39 is 29.5 Å². The van der Waals surface area contributed by atoms with Gasteiger partial charge in [0, 0.05) is 25.4 Å². The second-order valence-electron chi connectivity index (χ2n) is 10.3. The summed E-state index contributed by atoms with van der Waals surface area (Å²) in [5.74, 6) is -0.747. The predicted octanol–water partition coefficient (Wildman–Crippen LogP) is 3.03. The average Bonchev–Trinajstić information content (AvgIpc) is 3.43. The topological polar surface area (TPSA) is 134 Å². The van der Waals surface area contributed by atoms with E-state index in [1.807, 2.05) is 11.0 Å². The third-order valence-corrected chi connectivity index (χ3v) is 6.24. The van der Waals surface area contributed by atoms with Crippen molar-refractivity contribution in [2.75, 3.05) is 31.2 Å². The largest absolute Gasteiger partial charge is 0.443 e. The highest BCUT2D eigenvalue weighted by Crippen LogP contribution is 2.34. The molecule has 39 heavy (non-hydrogen) atoms. The number of benzene rings is 1. The Hall–Kier alpha value is -4.34. The minimum absolute atomic E-state index is 0.0209. The van der Waals surface area contributed by atoms with Crippen LogP contribution in [0, 0.1) is 17.1 Å². The molecule has 2 aromatic heterocycles. The van der Waals surface area contributed by atoms with E-state index >= 15 is 0 Å². The minimum atomic E-state index is -0.833. The first-order valence-corrected chi connectivity index (χ1v) is 12.4. The van der Waals surface area contributed by atoms with E-state index in [1.54, 1.807) is 33.0 Å². The molecular weight excluding hydrogens is 507 g/mol. The van der Waals surface area contributed by atoms with Gasteiger partial charge in [0.2, 0.25) is 0 Å². The van der Waals surface area contributed by atoms with Crippen molar-refractivity contribution >= 4 is 17.8 Å². The van der Waals surface area contributed by atoms with Gasteiger partial charge in [0.05, 0.1) is 65.7 Å². The Balaban J connectivity index is 1.62. The molecule has 0 spiro atoms. The fraction of sp³-hybridized carbons (Fsp3) is 0.370. The number of carbonyl (C=O) groups is 2. The number of hydrogen-bond donors (Lipinski definition) is 1. The number of halogens is 1. The molecule has 1 aromatic carbocycles. The Morgan fingerprint density at radius 2 is 2.08 bits per heavy atom. The number of aliphatic hydroxyl groups is 1. The molecule has 4 heterocycles. The number of β-amino-alcohol motifs (C(OH)–C–C–N with tert-alkyl or cyclic N) is 1. The summed E-state index contributed by atoms with van der Waals surface area (Å²) in [5.41, 5.74) is -0.0620. The van der Waals surface area contributed by atoms with Crippen molar-refractivity contribution in [3.05, 3.63) is 59.2 Å². The molecule has 0 bridgehead atoms. The van der Waals surface area contributed by atoms with Crippen molar-refractivity contribution in [2.45, 2.75) is 39.0 Å². The molecule has 2 amide bonds. The number of pyridine rings is 1. The summed E-state index contributed by atoms with van der Waals surface area (Å²) in [7, 11) is 0. The second-order valence-corrected chi connectivity index (χ2v) is 10.3. The van der Waals surface area contributed by atoms with Crippen LogP contribution in [0.2, 0.25) is 0 Å². The van der Waals surface area contributed by atoms with Gasteiger partial charge >= 0.3 is 6.09 Å². The molecule has 5 rings (SSSR count). The Kier molecular flexibility index (Phi) is 6.80. The van der Waals surface area contributed by atoms with Gasteiger partial charge in [0.25, 0.3) is 5.91 Å². The lowest BCUT2D eigenvalue weighted by Gasteiger charge is -2.23. The van der Waals surface area contributed by atoms with E-state index in [0.717, 1.165) is 4.90 Å². The van der Waals surface area contributed by atoms with Crippen LogP contribution in [-0.2, 0) is 16.0 Å². The predicted molar refractivity (Wildman–Crippen MR) is 137 cm³/mol. The van der Waals surface area contributed by atoms with Gasteiger partial charge in [0.1, 0.15) is 11.4 Å². The molecule has 2 aliphatic heterocycles. The summed E-state index contributed by atoms with van der Waals surface area (Å²) in [6, 6.07) is 9.31. The molecule has 1 N–H and O–H groups in total. The van der Waals surface area contributed by atoms with Crippen LogP contribution in [0.3, 0.4) is 0 Å². The highest BCUT2D eigenvalue weighted by molar-refractivity contribution is 6.08. The molecule has 1 saturated heterocycles. The summed E-state index contributed by atoms with van der Waals surface area (Å²) in [4.78, 5) is 33.7. The number of anilines is 1. The first kappa shape index (κ1) is 26.3. The number of carbonyl (C=O) groups excluding carboxylic acids is 2. The molecule has 3 aromatic rings. The van der Waals surface area contributed by atoms with Crippen molar-refractivity contribution in [1.29, 1.82) is 5.26 Å². The molecule has 202 valence electrons. The number of imide groups is 1. The van der Waals surface area contributed by atoms with E-state index in [0.29, 0.717) is 25.5 Å². The van der Waals surface area contributed by atoms with Crippen LogP contribution in [0.25, 0.3) is 16.9 Å². The van der Waals surface area contributed by atoms with Crippen molar-refractivity contribution in [1.82, 2.24) is 19.7 Å². The van der Waals surface area contributed by atoms with Crippen molar-refractivity contribution in [2.24, 2.45) is 0 Å². The summed E-state index contributed by atoms with van der Waals surface area (Å²) < 4.78 is 27.3. The monoisotopic (exact) mass is 534 g/mol. The van der Waals surface area contributed by atoms with Gasteiger partial charge in [0.15, 0.2) is 5.82 Å². The van der Waals surface area contributed by atoms with Gasteiger partial charge in [-0.3, -0.25) is 4.79 Å². The standard InChI is InChI=1S/C27H27FN6O5/c1-27(2,3)39-26(37)33-14-20-24(25(33)36)21(11-19(30-20)23-16(12-29)5-4-6-18(23)28)34-8-7-22(31-34)32-9-10-38-15-17(35)13-32/h4-8,11,17,35H,9-10,13-15H2,1-3H3. The number of fused-ring (bicyclic) bond motifs is 1. The van der Waals surface area contributed by atoms with Crippen molar-refractivity contribution < 1.29 is 28.6 Å².